The van der Waals surface area contributed by atoms with Crippen molar-refractivity contribution >= 4 is 23.8 Å². The van der Waals surface area contributed by atoms with E-state index in [0.717, 1.165) is 5.56 Å². The van der Waals surface area contributed by atoms with Crippen molar-refractivity contribution < 1.29 is 19.6 Å². The molecule has 1 aromatic heterocycles. The van der Waals surface area contributed by atoms with Crippen LogP contribution in [0.25, 0.3) is 6.08 Å². The molecule has 1 aromatic carbocycles. The fourth-order valence-corrected chi connectivity index (χ4v) is 3.48. The number of nitrogens with one attached hydrogen (secondary N) is 1. The number of rotatable bonds is 12. The molecule has 10 heteroatoms. The van der Waals surface area contributed by atoms with Gasteiger partial charge in [-0.2, -0.15) is 5.10 Å². The van der Waals surface area contributed by atoms with Gasteiger partial charge in [0, 0.05) is 13.0 Å². The van der Waals surface area contributed by atoms with E-state index in [9.17, 15) is 19.6 Å². The summed E-state index contributed by atoms with van der Waals surface area (Å²) in [6.07, 6.45) is 7.17. The van der Waals surface area contributed by atoms with Crippen molar-refractivity contribution in [2.75, 3.05) is 6.54 Å². The highest BCUT2D eigenvalue weighted by atomic mass is 16.5. The summed E-state index contributed by atoms with van der Waals surface area (Å²) in [5.41, 5.74) is 2.60. The number of amides is 3. The Morgan fingerprint density at radius 1 is 1.09 bits per heavy atom. The van der Waals surface area contributed by atoms with Gasteiger partial charge in [0.2, 0.25) is 5.91 Å². The van der Waals surface area contributed by atoms with Crippen LogP contribution in [0.2, 0.25) is 0 Å². The number of hydrogen-bond donors (Lipinski definition) is 2. The van der Waals surface area contributed by atoms with Crippen LogP contribution in [0.3, 0.4) is 0 Å². The van der Waals surface area contributed by atoms with Gasteiger partial charge < -0.3 is 0 Å². The van der Waals surface area contributed by atoms with Gasteiger partial charge in [0.1, 0.15) is 25.2 Å². The van der Waals surface area contributed by atoms with E-state index in [-0.39, 0.29) is 43.7 Å². The highest BCUT2D eigenvalue weighted by Crippen LogP contribution is 2.18. The Morgan fingerprint density at radius 2 is 1.80 bits per heavy atom. The summed E-state index contributed by atoms with van der Waals surface area (Å²) in [5.74, 6) is -1.29. The minimum absolute atomic E-state index is 0.00722. The third kappa shape index (κ3) is 8.97. The van der Waals surface area contributed by atoms with Gasteiger partial charge in [-0.3, -0.25) is 19.6 Å². The van der Waals surface area contributed by atoms with Gasteiger partial charge in [-0.05, 0) is 30.2 Å². The Morgan fingerprint density at radius 3 is 2.37 bits per heavy atom. The number of nitrogens with zero attached hydrogens (tertiary/aromatic N) is 5. The molecule has 0 saturated carbocycles. The molecule has 0 spiro atoms. The molecule has 0 aliphatic carbocycles. The number of benzene rings is 1. The van der Waals surface area contributed by atoms with Crippen LogP contribution in [0, 0.1) is 11.8 Å². The van der Waals surface area contributed by atoms with E-state index in [1.165, 1.54) is 27.4 Å². The lowest BCUT2D eigenvalue weighted by Crippen LogP contribution is -2.60. The van der Waals surface area contributed by atoms with Crippen molar-refractivity contribution in [2.24, 2.45) is 11.8 Å². The van der Waals surface area contributed by atoms with Crippen molar-refractivity contribution in [2.45, 2.75) is 59.5 Å². The van der Waals surface area contributed by atoms with Gasteiger partial charge in [-0.15, -0.1) is 0 Å². The van der Waals surface area contributed by atoms with Gasteiger partial charge in [0.05, 0.1) is 0 Å². The van der Waals surface area contributed by atoms with E-state index in [1.54, 1.807) is 11.6 Å². The molecule has 0 radical (unpaired) electrons. The maximum Gasteiger partial charge on any atom is 0.268 e. The maximum absolute atomic E-state index is 13.5. The molecule has 10 nitrogen and oxygen atoms in total. The van der Waals surface area contributed by atoms with Crippen LogP contribution in [0.15, 0.2) is 49.1 Å². The van der Waals surface area contributed by atoms with Crippen LogP contribution >= 0.6 is 0 Å². The summed E-state index contributed by atoms with van der Waals surface area (Å²) in [5, 5.41) is 16.0. The van der Waals surface area contributed by atoms with Gasteiger partial charge in [0.25, 0.3) is 11.8 Å². The quantitative estimate of drug-likeness (QED) is 0.353. The fourth-order valence-electron chi connectivity index (χ4n) is 3.48. The van der Waals surface area contributed by atoms with Gasteiger partial charge >= 0.3 is 0 Å². The molecule has 0 aliphatic heterocycles. The monoisotopic (exact) mass is 484 g/mol. The molecule has 2 N–H and O–H groups in total. The molecule has 35 heavy (non-hydrogen) atoms. The van der Waals surface area contributed by atoms with Crippen LogP contribution in [0.1, 0.15) is 52.5 Å². The fraction of sp³-hybridized carbons (Fsp3) is 0.480. The molecular weight excluding hydrogens is 448 g/mol. The molecule has 190 valence electrons. The standard InChI is InChI=1S/C25H36N6O4/c1-19(2)13-14-23(32)31(30(15-20(3)4)24(33)16-29-18-26-17-27-29)22(25(34)28-35)12-8-11-21-9-6-5-7-10-21/h5-11,17-20,22,35H,12-16H2,1-4H3,(H,28,34)/t22-/m0/s1. The zero-order chi connectivity index (χ0) is 25.8. The topological polar surface area (TPSA) is 121 Å². The highest BCUT2D eigenvalue weighted by molar-refractivity contribution is 5.89. The smallest absolute Gasteiger partial charge is 0.268 e. The summed E-state index contributed by atoms with van der Waals surface area (Å²) < 4.78 is 1.36. The predicted molar refractivity (Wildman–Crippen MR) is 131 cm³/mol. The predicted octanol–water partition coefficient (Wildman–Crippen LogP) is 2.92. The first-order valence-electron chi connectivity index (χ1n) is 11.8. The molecule has 2 rings (SSSR count). The number of hydroxylamine groups is 1. The van der Waals surface area contributed by atoms with Crippen molar-refractivity contribution in [3.05, 3.63) is 54.6 Å². The zero-order valence-electron chi connectivity index (χ0n) is 20.9. The lowest BCUT2D eigenvalue weighted by Gasteiger charge is -2.40. The number of carbonyl (C=O) groups is 3. The largest absolute Gasteiger partial charge is 0.289 e. The van der Waals surface area contributed by atoms with Crippen LogP contribution in [0.4, 0.5) is 0 Å². The molecule has 0 fully saturated rings. The van der Waals surface area contributed by atoms with Gasteiger partial charge in [0.15, 0.2) is 0 Å². The number of carbonyl (C=O) groups excluding carboxylic acids is 3. The first-order valence-corrected chi connectivity index (χ1v) is 11.8. The van der Waals surface area contributed by atoms with Crippen molar-refractivity contribution in [3.8, 4) is 0 Å². The summed E-state index contributed by atoms with van der Waals surface area (Å²) >= 11 is 0. The summed E-state index contributed by atoms with van der Waals surface area (Å²) in [7, 11) is 0. The van der Waals surface area contributed by atoms with Crippen LogP contribution in [-0.2, 0) is 20.9 Å². The summed E-state index contributed by atoms with van der Waals surface area (Å²) in [6.45, 7) is 7.90. The van der Waals surface area contributed by atoms with E-state index in [2.05, 4.69) is 10.1 Å². The van der Waals surface area contributed by atoms with Crippen molar-refractivity contribution in [1.29, 1.82) is 0 Å². The van der Waals surface area contributed by atoms with Gasteiger partial charge in [-0.25, -0.2) is 25.2 Å². The van der Waals surface area contributed by atoms with Crippen LogP contribution in [-0.4, -0.2) is 60.3 Å². The number of hydrogen-bond acceptors (Lipinski definition) is 6. The average Bonchev–Trinajstić information content (AvgIpc) is 3.34. The summed E-state index contributed by atoms with van der Waals surface area (Å²) in [4.78, 5) is 43.5. The molecule has 0 saturated heterocycles. The minimum Gasteiger partial charge on any atom is -0.289 e. The lowest BCUT2D eigenvalue weighted by atomic mass is 10.1. The molecule has 1 atom stereocenters. The number of aromatic nitrogens is 3. The Balaban J connectivity index is 2.42. The second-order valence-corrected chi connectivity index (χ2v) is 9.17. The molecular formula is C25H36N6O4. The molecule has 0 aliphatic rings. The second-order valence-electron chi connectivity index (χ2n) is 9.17. The summed E-state index contributed by atoms with van der Waals surface area (Å²) in [6, 6.07) is 8.39. The second kappa shape index (κ2) is 14.0. The normalized spacial score (nSPS) is 12.2. The third-order valence-corrected chi connectivity index (χ3v) is 5.22. The molecule has 0 unspecified atom stereocenters. The average molecular weight is 485 g/mol. The maximum atomic E-state index is 13.5. The van der Waals surface area contributed by atoms with E-state index >= 15 is 0 Å². The Kier molecular flexibility index (Phi) is 11.1. The lowest BCUT2D eigenvalue weighted by molar-refractivity contribution is -0.175. The Labute approximate surface area is 206 Å². The SMILES string of the molecule is CC(C)CCC(=O)N([C@@H](CC=Cc1ccccc1)C(=O)NO)N(CC(C)C)C(=O)Cn1cncn1. The van der Waals surface area contributed by atoms with E-state index < -0.39 is 17.9 Å². The molecule has 2 aromatic rings. The van der Waals surface area contributed by atoms with Crippen molar-refractivity contribution in [1.82, 2.24) is 30.3 Å². The molecule has 0 bridgehead atoms. The van der Waals surface area contributed by atoms with Crippen molar-refractivity contribution in [3.63, 3.8) is 0 Å². The molecule has 3 amide bonds. The zero-order valence-corrected chi connectivity index (χ0v) is 20.9. The van der Waals surface area contributed by atoms with E-state index in [0.29, 0.717) is 6.42 Å². The molecule has 1 heterocycles. The highest BCUT2D eigenvalue weighted by Gasteiger charge is 2.36. The first kappa shape index (κ1) is 27.7. The minimum atomic E-state index is -1.13. The number of hydrazine groups is 1. The first-order chi connectivity index (χ1) is 16.7. The van der Waals surface area contributed by atoms with Crippen LogP contribution in [0.5, 0.6) is 0 Å². The Bertz CT molecular complexity index is 960. The van der Waals surface area contributed by atoms with E-state index in [1.807, 2.05) is 64.1 Å². The van der Waals surface area contributed by atoms with Gasteiger partial charge in [-0.1, -0.05) is 70.2 Å². The van der Waals surface area contributed by atoms with Crippen LogP contribution < -0.4 is 5.48 Å². The third-order valence-electron chi connectivity index (χ3n) is 5.22. The van der Waals surface area contributed by atoms with E-state index in [4.69, 9.17) is 0 Å². The Hall–Kier alpha value is -3.53.